The molecular weight excluding hydrogens is 280 g/mol. The van der Waals surface area contributed by atoms with E-state index >= 15 is 0 Å². The smallest absolute Gasteiger partial charge is 0.251 e. The summed E-state index contributed by atoms with van der Waals surface area (Å²) in [7, 11) is 0. The molecule has 0 atom stereocenters. The van der Waals surface area contributed by atoms with Crippen LogP contribution in [0.2, 0.25) is 0 Å². The molecule has 21 heavy (non-hydrogen) atoms. The number of hydrogen-bond acceptors (Lipinski definition) is 3. The fraction of sp³-hybridized carbons (Fsp3) is 0.353. The largest absolute Gasteiger partial charge is 0.381 e. The molecule has 0 saturated heterocycles. The fourth-order valence-electron chi connectivity index (χ4n) is 2.17. The highest BCUT2D eigenvalue weighted by Gasteiger charge is 2.08. The number of aryl methyl sites for hydroxylation is 2. The van der Waals surface area contributed by atoms with E-state index in [9.17, 15) is 4.79 Å². The summed E-state index contributed by atoms with van der Waals surface area (Å²) < 4.78 is 0. The topological polar surface area (TPSA) is 41.1 Å². The van der Waals surface area contributed by atoms with E-state index in [1.54, 1.807) is 0 Å². The van der Waals surface area contributed by atoms with Gasteiger partial charge in [0, 0.05) is 33.6 Å². The SMILES string of the molecule is Cc1cc(CNc2cccc(C(=O)NC(C)C)c2)c(C)s1. The summed E-state index contributed by atoms with van der Waals surface area (Å²) in [5, 5.41) is 6.30. The van der Waals surface area contributed by atoms with Crippen LogP contribution in [0.3, 0.4) is 0 Å². The van der Waals surface area contributed by atoms with E-state index in [2.05, 4.69) is 30.5 Å². The molecule has 2 aromatic rings. The maximum atomic E-state index is 12.0. The van der Waals surface area contributed by atoms with Gasteiger partial charge in [0.05, 0.1) is 0 Å². The van der Waals surface area contributed by atoms with E-state index in [0.717, 1.165) is 12.2 Å². The van der Waals surface area contributed by atoms with Gasteiger partial charge in [0.15, 0.2) is 0 Å². The molecule has 1 amide bonds. The van der Waals surface area contributed by atoms with Gasteiger partial charge in [0.2, 0.25) is 0 Å². The number of carbonyl (C=O) groups is 1. The van der Waals surface area contributed by atoms with Crippen LogP contribution in [0, 0.1) is 13.8 Å². The van der Waals surface area contributed by atoms with E-state index in [1.807, 2.05) is 49.4 Å². The Hall–Kier alpha value is -1.81. The van der Waals surface area contributed by atoms with Crippen molar-refractivity contribution in [3.05, 3.63) is 51.2 Å². The third-order valence-electron chi connectivity index (χ3n) is 3.17. The van der Waals surface area contributed by atoms with Crippen molar-refractivity contribution in [1.82, 2.24) is 5.32 Å². The highest BCUT2D eigenvalue weighted by Crippen LogP contribution is 2.22. The van der Waals surface area contributed by atoms with Crippen LogP contribution < -0.4 is 10.6 Å². The molecule has 1 aromatic heterocycles. The number of rotatable bonds is 5. The number of nitrogens with one attached hydrogen (secondary N) is 2. The maximum absolute atomic E-state index is 12.0. The van der Waals surface area contributed by atoms with Crippen LogP contribution >= 0.6 is 11.3 Å². The van der Waals surface area contributed by atoms with E-state index < -0.39 is 0 Å². The summed E-state index contributed by atoms with van der Waals surface area (Å²) in [5.41, 5.74) is 2.97. The molecule has 0 spiro atoms. The van der Waals surface area contributed by atoms with Crippen molar-refractivity contribution in [3.63, 3.8) is 0 Å². The van der Waals surface area contributed by atoms with Gasteiger partial charge in [-0.25, -0.2) is 0 Å². The predicted octanol–water partition coefficient (Wildman–Crippen LogP) is 4.12. The summed E-state index contributed by atoms with van der Waals surface area (Å²) in [6.45, 7) is 8.97. The molecule has 0 bridgehead atoms. The lowest BCUT2D eigenvalue weighted by Crippen LogP contribution is -2.30. The summed E-state index contributed by atoms with van der Waals surface area (Å²) in [4.78, 5) is 14.7. The van der Waals surface area contributed by atoms with E-state index in [0.29, 0.717) is 5.56 Å². The van der Waals surface area contributed by atoms with Crippen LogP contribution in [-0.4, -0.2) is 11.9 Å². The first-order chi connectivity index (χ1) is 9.95. The first-order valence-corrected chi connectivity index (χ1v) is 7.98. The third kappa shape index (κ3) is 4.33. The van der Waals surface area contributed by atoms with Crippen molar-refractivity contribution in [2.24, 2.45) is 0 Å². The average Bonchev–Trinajstić information content (AvgIpc) is 2.74. The Balaban J connectivity index is 2.04. The van der Waals surface area contributed by atoms with E-state index in [4.69, 9.17) is 0 Å². The van der Waals surface area contributed by atoms with Gasteiger partial charge in [-0.3, -0.25) is 4.79 Å². The molecule has 3 nitrogen and oxygen atoms in total. The van der Waals surface area contributed by atoms with Crippen LogP contribution in [0.25, 0.3) is 0 Å². The highest BCUT2D eigenvalue weighted by atomic mass is 32.1. The lowest BCUT2D eigenvalue weighted by molar-refractivity contribution is 0.0943. The fourth-order valence-corrected chi connectivity index (χ4v) is 3.12. The second-order valence-electron chi connectivity index (χ2n) is 5.50. The molecule has 0 aliphatic heterocycles. The Bertz CT molecular complexity index is 631. The van der Waals surface area contributed by atoms with Crippen molar-refractivity contribution < 1.29 is 4.79 Å². The second kappa shape index (κ2) is 6.76. The average molecular weight is 302 g/mol. The lowest BCUT2D eigenvalue weighted by Gasteiger charge is -2.10. The van der Waals surface area contributed by atoms with E-state index in [-0.39, 0.29) is 11.9 Å². The predicted molar refractivity (Wildman–Crippen MR) is 90.2 cm³/mol. The van der Waals surface area contributed by atoms with Gasteiger partial charge in [0.25, 0.3) is 5.91 Å². The van der Waals surface area contributed by atoms with E-state index in [1.165, 1.54) is 15.3 Å². The van der Waals surface area contributed by atoms with Crippen molar-refractivity contribution in [2.75, 3.05) is 5.32 Å². The third-order valence-corrected chi connectivity index (χ3v) is 4.18. The Morgan fingerprint density at radius 1 is 1.24 bits per heavy atom. The Morgan fingerprint density at radius 2 is 2.00 bits per heavy atom. The minimum absolute atomic E-state index is 0.0313. The summed E-state index contributed by atoms with van der Waals surface area (Å²) in [5.74, 6) is -0.0313. The zero-order valence-corrected chi connectivity index (χ0v) is 13.8. The summed E-state index contributed by atoms with van der Waals surface area (Å²) in [6, 6.07) is 9.98. The van der Waals surface area contributed by atoms with Gasteiger partial charge in [-0.1, -0.05) is 6.07 Å². The first kappa shape index (κ1) is 15.6. The maximum Gasteiger partial charge on any atom is 0.251 e. The summed E-state index contributed by atoms with van der Waals surface area (Å²) in [6.07, 6.45) is 0. The zero-order chi connectivity index (χ0) is 15.4. The molecule has 0 fully saturated rings. The minimum Gasteiger partial charge on any atom is -0.381 e. The van der Waals surface area contributed by atoms with Gasteiger partial charge in [-0.05, 0) is 57.5 Å². The van der Waals surface area contributed by atoms with Crippen LogP contribution in [-0.2, 0) is 6.54 Å². The zero-order valence-electron chi connectivity index (χ0n) is 13.0. The molecular formula is C17H22N2OS. The van der Waals surface area contributed by atoms with Crippen molar-refractivity contribution in [1.29, 1.82) is 0 Å². The molecule has 0 aliphatic rings. The van der Waals surface area contributed by atoms with Crippen molar-refractivity contribution >= 4 is 22.9 Å². The molecule has 0 radical (unpaired) electrons. The van der Waals surface area contributed by atoms with Crippen LogP contribution in [0.4, 0.5) is 5.69 Å². The molecule has 0 aliphatic carbocycles. The second-order valence-corrected chi connectivity index (χ2v) is 6.96. The van der Waals surface area contributed by atoms with Gasteiger partial charge < -0.3 is 10.6 Å². The quantitative estimate of drug-likeness (QED) is 0.872. The molecule has 1 heterocycles. The van der Waals surface area contributed by atoms with Crippen LogP contribution in [0.15, 0.2) is 30.3 Å². The molecule has 1 aromatic carbocycles. The van der Waals surface area contributed by atoms with Crippen molar-refractivity contribution in [2.45, 2.75) is 40.3 Å². The number of carbonyl (C=O) groups excluding carboxylic acids is 1. The van der Waals surface area contributed by atoms with Gasteiger partial charge >= 0.3 is 0 Å². The van der Waals surface area contributed by atoms with Gasteiger partial charge in [-0.15, -0.1) is 11.3 Å². The highest BCUT2D eigenvalue weighted by molar-refractivity contribution is 7.12. The number of benzene rings is 1. The molecule has 0 saturated carbocycles. The number of thiophene rings is 1. The van der Waals surface area contributed by atoms with Gasteiger partial charge in [0.1, 0.15) is 0 Å². The van der Waals surface area contributed by atoms with Gasteiger partial charge in [-0.2, -0.15) is 0 Å². The normalized spacial score (nSPS) is 10.7. The molecule has 2 N–H and O–H groups in total. The Morgan fingerprint density at radius 3 is 2.62 bits per heavy atom. The molecule has 0 unspecified atom stereocenters. The standard InChI is InChI=1S/C17H22N2OS/c1-11(2)19-17(20)14-6-5-7-16(9-14)18-10-15-8-12(3)21-13(15)4/h5-9,11,18H,10H2,1-4H3,(H,19,20). The Kier molecular flexibility index (Phi) is 5.02. The minimum atomic E-state index is -0.0313. The van der Waals surface area contributed by atoms with Crippen LogP contribution in [0.5, 0.6) is 0 Å². The number of hydrogen-bond donors (Lipinski definition) is 2. The summed E-state index contributed by atoms with van der Waals surface area (Å²) >= 11 is 1.82. The Labute approximate surface area is 130 Å². The molecule has 2 rings (SSSR count). The molecule has 112 valence electrons. The number of amides is 1. The first-order valence-electron chi connectivity index (χ1n) is 7.16. The monoisotopic (exact) mass is 302 g/mol. The molecule has 4 heteroatoms. The number of anilines is 1. The van der Waals surface area contributed by atoms with Crippen molar-refractivity contribution in [3.8, 4) is 0 Å². The van der Waals surface area contributed by atoms with Crippen LogP contribution in [0.1, 0.15) is 39.5 Å². The lowest BCUT2D eigenvalue weighted by atomic mass is 10.1.